The fraction of sp³-hybridized carbons (Fsp3) is 0.667. The summed E-state index contributed by atoms with van der Waals surface area (Å²) in [5.41, 5.74) is 0. The lowest BCUT2D eigenvalue weighted by molar-refractivity contribution is 0.202. The van der Waals surface area contributed by atoms with Crippen LogP contribution >= 0.6 is 0 Å². The molecule has 2 rings (SSSR count). The summed E-state index contributed by atoms with van der Waals surface area (Å²) < 4.78 is 27.6. The molecule has 1 aromatic heterocycles. The van der Waals surface area contributed by atoms with Crippen molar-refractivity contribution >= 4 is 15.8 Å². The van der Waals surface area contributed by atoms with Gasteiger partial charge in [0.05, 0.1) is 0 Å². The molecular weight excluding hydrogens is 286 g/mol. The van der Waals surface area contributed by atoms with E-state index in [9.17, 15) is 8.42 Å². The molecule has 1 saturated heterocycles. The van der Waals surface area contributed by atoms with Gasteiger partial charge in [-0.15, -0.1) is 0 Å². The Bertz CT molecular complexity index is 574. The Hall–Kier alpha value is -1.14. The Balaban J connectivity index is 2.35. The van der Waals surface area contributed by atoms with Crippen molar-refractivity contribution < 1.29 is 8.42 Å². The average molecular weight is 311 g/mol. The lowest BCUT2D eigenvalue weighted by atomic mass is 9.94. The third-order valence-electron chi connectivity index (χ3n) is 4.22. The maximum absolute atomic E-state index is 13.0. The highest BCUT2D eigenvalue weighted by atomic mass is 32.2. The molecule has 1 fully saturated rings. The zero-order chi connectivity index (χ0) is 15.5. The summed E-state index contributed by atoms with van der Waals surface area (Å²) in [6.45, 7) is 7.46. The quantitative estimate of drug-likeness (QED) is 0.908. The van der Waals surface area contributed by atoms with E-state index in [1.54, 1.807) is 22.6 Å². The van der Waals surface area contributed by atoms with Crippen LogP contribution in [0.25, 0.3) is 0 Å². The summed E-state index contributed by atoms with van der Waals surface area (Å²) in [5, 5.41) is 3.12. The molecule has 2 heterocycles. The Kier molecular flexibility index (Phi) is 5.22. The van der Waals surface area contributed by atoms with Crippen LogP contribution in [0.15, 0.2) is 23.2 Å². The molecule has 1 N–H and O–H groups in total. The molecule has 0 aromatic carbocycles. The fourth-order valence-electron chi connectivity index (χ4n) is 2.74. The van der Waals surface area contributed by atoms with Gasteiger partial charge in [0.1, 0.15) is 10.7 Å². The predicted octanol–water partition coefficient (Wildman–Crippen LogP) is 2.71. The van der Waals surface area contributed by atoms with Gasteiger partial charge in [-0.25, -0.2) is 13.4 Å². The average Bonchev–Trinajstić information content (AvgIpc) is 2.48. The molecular formula is C15H25N3O2S. The number of pyridine rings is 1. The number of hydrogen-bond acceptors (Lipinski definition) is 4. The van der Waals surface area contributed by atoms with Crippen LogP contribution in [0.4, 0.5) is 5.82 Å². The summed E-state index contributed by atoms with van der Waals surface area (Å²) in [4.78, 5) is 4.50. The molecule has 5 nitrogen and oxygen atoms in total. The molecule has 118 valence electrons. The van der Waals surface area contributed by atoms with Crippen molar-refractivity contribution in [1.82, 2.24) is 9.29 Å². The van der Waals surface area contributed by atoms with E-state index >= 15 is 0 Å². The Labute approximate surface area is 127 Å². The van der Waals surface area contributed by atoms with Crippen LogP contribution in [0.3, 0.4) is 0 Å². The van der Waals surface area contributed by atoms with Gasteiger partial charge in [-0.3, -0.25) is 0 Å². The molecule has 6 heteroatoms. The zero-order valence-corrected chi connectivity index (χ0v) is 13.9. The van der Waals surface area contributed by atoms with Crippen LogP contribution in [0, 0.1) is 5.92 Å². The van der Waals surface area contributed by atoms with Crippen molar-refractivity contribution in [2.45, 2.75) is 51.0 Å². The number of aromatic nitrogens is 1. The minimum atomic E-state index is -3.50. The molecule has 0 aliphatic carbocycles. The van der Waals surface area contributed by atoms with E-state index in [4.69, 9.17) is 0 Å². The minimum absolute atomic E-state index is 0.0305. The van der Waals surface area contributed by atoms with Gasteiger partial charge in [-0.1, -0.05) is 13.8 Å². The number of rotatable bonds is 5. The monoisotopic (exact) mass is 311 g/mol. The normalized spacial score (nSPS) is 24.0. The van der Waals surface area contributed by atoms with Gasteiger partial charge < -0.3 is 5.32 Å². The SMILES string of the molecule is CCCNc1ncccc1S(=O)(=O)N1CCCC(C)C1C. The summed E-state index contributed by atoms with van der Waals surface area (Å²) >= 11 is 0. The Morgan fingerprint density at radius 1 is 1.43 bits per heavy atom. The number of sulfonamides is 1. The third-order valence-corrected chi connectivity index (χ3v) is 6.23. The van der Waals surface area contributed by atoms with Crippen LogP contribution in [0.1, 0.15) is 40.0 Å². The fourth-order valence-corrected chi connectivity index (χ4v) is 4.63. The third kappa shape index (κ3) is 3.37. The molecule has 21 heavy (non-hydrogen) atoms. The summed E-state index contributed by atoms with van der Waals surface area (Å²) in [5.74, 6) is 0.849. The maximum Gasteiger partial charge on any atom is 0.246 e. The van der Waals surface area contributed by atoms with Gasteiger partial charge in [0.15, 0.2) is 0 Å². The van der Waals surface area contributed by atoms with Gasteiger partial charge in [0.2, 0.25) is 10.0 Å². The van der Waals surface area contributed by atoms with Gasteiger partial charge in [0, 0.05) is 25.3 Å². The van der Waals surface area contributed by atoms with E-state index in [0.29, 0.717) is 29.7 Å². The molecule has 0 saturated carbocycles. The molecule has 1 aliphatic heterocycles. The second-order valence-electron chi connectivity index (χ2n) is 5.75. The van der Waals surface area contributed by atoms with E-state index in [1.807, 2.05) is 13.8 Å². The topological polar surface area (TPSA) is 62.3 Å². The van der Waals surface area contributed by atoms with Crippen LogP contribution < -0.4 is 5.32 Å². The van der Waals surface area contributed by atoms with Gasteiger partial charge in [-0.05, 0) is 44.2 Å². The first-order valence-electron chi connectivity index (χ1n) is 7.69. The molecule has 2 atom stereocenters. The largest absolute Gasteiger partial charge is 0.369 e. The lowest BCUT2D eigenvalue weighted by Crippen LogP contribution is -2.46. The van der Waals surface area contributed by atoms with Crippen LogP contribution in [-0.4, -0.2) is 36.8 Å². The zero-order valence-electron chi connectivity index (χ0n) is 13.0. The first kappa shape index (κ1) is 16.2. The maximum atomic E-state index is 13.0. The van der Waals surface area contributed by atoms with Gasteiger partial charge >= 0.3 is 0 Å². The second-order valence-corrected chi connectivity index (χ2v) is 7.61. The molecule has 1 aliphatic rings. The lowest BCUT2D eigenvalue weighted by Gasteiger charge is -2.37. The number of hydrogen-bond donors (Lipinski definition) is 1. The Morgan fingerprint density at radius 3 is 2.90 bits per heavy atom. The predicted molar refractivity (Wildman–Crippen MR) is 84.8 cm³/mol. The Morgan fingerprint density at radius 2 is 2.19 bits per heavy atom. The van der Waals surface area contributed by atoms with Crippen molar-refractivity contribution in [3.8, 4) is 0 Å². The summed E-state index contributed by atoms with van der Waals surface area (Å²) in [7, 11) is -3.50. The van der Waals surface area contributed by atoms with Gasteiger partial charge in [0.25, 0.3) is 0 Å². The van der Waals surface area contributed by atoms with Crippen molar-refractivity contribution in [3.05, 3.63) is 18.3 Å². The number of piperidine rings is 1. The highest BCUT2D eigenvalue weighted by Crippen LogP contribution is 2.30. The second kappa shape index (κ2) is 6.75. The first-order valence-corrected chi connectivity index (χ1v) is 9.13. The van der Waals surface area contributed by atoms with Crippen LogP contribution in [0.2, 0.25) is 0 Å². The van der Waals surface area contributed by atoms with E-state index < -0.39 is 10.0 Å². The van der Waals surface area contributed by atoms with E-state index in [1.165, 1.54) is 0 Å². The molecule has 0 bridgehead atoms. The molecule has 2 unspecified atom stereocenters. The van der Waals surface area contributed by atoms with Crippen molar-refractivity contribution in [3.63, 3.8) is 0 Å². The van der Waals surface area contributed by atoms with E-state index in [2.05, 4.69) is 17.2 Å². The van der Waals surface area contributed by atoms with Crippen molar-refractivity contribution in [1.29, 1.82) is 0 Å². The highest BCUT2D eigenvalue weighted by molar-refractivity contribution is 7.89. The molecule has 0 amide bonds. The standard InChI is InChI=1S/C15H25N3O2S/c1-4-9-16-15-14(8-5-10-17-15)21(19,20)18-11-6-7-12(2)13(18)3/h5,8,10,12-13H,4,6-7,9,11H2,1-3H3,(H,16,17). The minimum Gasteiger partial charge on any atom is -0.369 e. The summed E-state index contributed by atoms with van der Waals surface area (Å²) in [6.07, 6.45) is 4.55. The number of anilines is 1. The highest BCUT2D eigenvalue weighted by Gasteiger charge is 2.35. The van der Waals surface area contributed by atoms with Crippen molar-refractivity contribution in [2.24, 2.45) is 5.92 Å². The van der Waals surface area contributed by atoms with Crippen molar-refractivity contribution in [2.75, 3.05) is 18.4 Å². The van der Waals surface area contributed by atoms with Crippen LogP contribution in [0.5, 0.6) is 0 Å². The summed E-state index contributed by atoms with van der Waals surface area (Å²) in [6, 6.07) is 3.36. The molecule has 0 radical (unpaired) electrons. The smallest absolute Gasteiger partial charge is 0.246 e. The van der Waals surface area contributed by atoms with E-state index in [-0.39, 0.29) is 6.04 Å². The number of nitrogens with one attached hydrogen (secondary N) is 1. The van der Waals surface area contributed by atoms with Crippen LogP contribution in [-0.2, 0) is 10.0 Å². The van der Waals surface area contributed by atoms with E-state index in [0.717, 1.165) is 19.3 Å². The van der Waals surface area contributed by atoms with Gasteiger partial charge in [-0.2, -0.15) is 4.31 Å². The number of nitrogens with zero attached hydrogens (tertiary/aromatic N) is 2. The molecule has 1 aromatic rings. The first-order chi connectivity index (χ1) is 9.98. The molecule has 0 spiro atoms.